The van der Waals surface area contributed by atoms with Crippen LogP contribution in [0.5, 0.6) is 0 Å². The first-order chi connectivity index (χ1) is 18.0. The number of amides is 2. The lowest BCUT2D eigenvalue weighted by molar-refractivity contribution is 0.0933. The largest absolute Gasteiger partial charge is 0.350 e. The molecule has 0 atom stereocenters. The molecule has 3 aromatic rings. The molecule has 0 bridgehead atoms. The highest BCUT2D eigenvalue weighted by molar-refractivity contribution is 6.04. The molecule has 1 aliphatic rings. The first kappa shape index (κ1) is 26.9. The molecule has 38 heavy (non-hydrogen) atoms. The molecule has 198 valence electrons. The standard InChI is InChI=1S/C28H34N8O2/c1-18-25(36-17-24(33-34-36)27(38)31-15-19-6-8-35(5)9-7-19)13-23(16-30-18)32-26(37)21-10-20(14-29)11-22(12-21)28(2,3)4/h10-13,16-17,19H,6-9,15H2,1-5H3,(H,31,38)(H,32,37). The summed E-state index contributed by atoms with van der Waals surface area (Å²) in [6.07, 6.45) is 5.24. The van der Waals surface area contributed by atoms with Crippen LogP contribution in [0.3, 0.4) is 0 Å². The highest BCUT2D eigenvalue weighted by atomic mass is 16.2. The van der Waals surface area contributed by atoms with Crippen LogP contribution in [0.4, 0.5) is 5.69 Å². The molecule has 1 aliphatic heterocycles. The molecule has 0 saturated carbocycles. The fourth-order valence-electron chi connectivity index (χ4n) is 4.36. The highest BCUT2D eigenvalue weighted by Crippen LogP contribution is 2.25. The molecule has 0 radical (unpaired) electrons. The van der Waals surface area contributed by atoms with Crippen LogP contribution in [0.2, 0.25) is 0 Å². The summed E-state index contributed by atoms with van der Waals surface area (Å²) in [4.78, 5) is 32.4. The van der Waals surface area contributed by atoms with Crippen molar-refractivity contribution < 1.29 is 9.59 Å². The zero-order chi connectivity index (χ0) is 27.4. The van der Waals surface area contributed by atoms with Gasteiger partial charge in [0.2, 0.25) is 0 Å². The number of hydrogen-bond acceptors (Lipinski definition) is 7. The lowest BCUT2D eigenvalue weighted by atomic mass is 9.85. The minimum Gasteiger partial charge on any atom is -0.350 e. The highest BCUT2D eigenvalue weighted by Gasteiger charge is 2.20. The quantitative estimate of drug-likeness (QED) is 0.515. The first-order valence-electron chi connectivity index (χ1n) is 12.8. The average Bonchev–Trinajstić information content (AvgIpc) is 3.38. The van der Waals surface area contributed by atoms with Crippen LogP contribution in [0.25, 0.3) is 5.69 Å². The van der Waals surface area contributed by atoms with E-state index in [9.17, 15) is 14.9 Å². The first-order valence-corrected chi connectivity index (χ1v) is 12.8. The second-order valence-electron chi connectivity index (χ2n) is 10.9. The molecule has 0 spiro atoms. The Bertz CT molecular complexity index is 1370. The smallest absolute Gasteiger partial charge is 0.273 e. The Balaban J connectivity index is 1.47. The molecule has 10 heteroatoms. The molecule has 2 aromatic heterocycles. The van der Waals surface area contributed by atoms with Crippen molar-refractivity contribution >= 4 is 17.5 Å². The van der Waals surface area contributed by atoms with Gasteiger partial charge in [0.1, 0.15) is 0 Å². The molecule has 4 rings (SSSR count). The van der Waals surface area contributed by atoms with E-state index in [0.717, 1.165) is 31.5 Å². The van der Waals surface area contributed by atoms with E-state index in [1.165, 1.54) is 4.68 Å². The Morgan fingerprint density at radius 3 is 2.55 bits per heavy atom. The Hall–Kier alpha value is -4.10. The van der Waals surface area contributed by atoms with Gasteiger partial charge in [-0.15, -0.1) is 5.10 Å². The fourth-order valence-corrected chi connectivity index (χ4v) is 4.36. The second-order valence-corrected chi connectivity index (χ2v) is 10.9. The molecule has 0 unspecified atom stereocenters. The van der Waals surface area contributed by atoms with Gasteiger partial charge in [0.15, 0.2) is 5.69 Å². The van der Waals surface area contributed by atoms with Gasteiger partial charge in [-0.05, 0) is 81.1 Å². The number of pyridine rings is 1. The summed E-state index contributed by atoms with van der Waals surface area (Å²) in [5, 5.41) is 23.4. The van der Waals surface area contributed by atoms with Crippen LogP contribution in [-0.4, -0.2) is 63.4 Å². The lowest BCUT2D eigenvalue weighted by Crippen LogP contribution is -2.37. The van der Waals surface area contributed by atoms with E-state index in [-0.39, 0.29) is 22.9 Å². The molecule has 3 heterocycles. The van der Waals surface area contributed by atoms with Crippen molar-refractivity contribution in [1.82, 2.24) is 30.2 Å². The summed E-state index contributed by atoms with van der Waals surface area (Å²) in [5.74, 6) is -0.153. The summed E-state index contributed by atoms with van der Waals surface area (Å²) in [5.41, 5.74) is 3.42. The summed E-state index contributed by atoms with van der Waals surface area (Å²) >= 11 is 0. The topological polar surface area (TPSA) is 129 Å². The molecule has 2 N–H and O–H groups in total. The normalized spacial score (nSPS) is 14.6. The Morgan fingerprint density at radius 1 is 1.13 bits per heavy atom. The number of hydrogen-bond donors (Lipinski definition) is 2. The predicted molar refractivity (Wildman–Crippen MR) is 144 cm³/mol. The number of nitrogens with one attached hydrogen (secondary N) is 2. The van der Waals surface area contributed by atoms with E-state index in [0.29, 0.717) is 40.7 Å². The third-order valence-corrected chi connectivity index (χ3v) is 6.87. The molecule has 0 aliphatic carbocycles. The number of benzene rings is 1. The van der Waals surface area contributed by atoms with E-state index >= 15 is 0 Å². The number of rotatable bonds is 6. The summed E-state index contributed by atoms with van der Waals surface area (Å²) in [7, 11) is 2.11. The van der Waals surface area contributed by atoms with Crippen molar-refractivity contribution in [2.24, 2.45) is 5.92 Å². The molecule has 1 fully saturated rings. The maximum atomic E-state index is 13.1. The van der Waals surface area contributed by atoms with Crippen LogP contribution in [0, 0.1) is 24.2 Å². The average molecular weight is 515 g/mol. The second kappa shape index (κ2) is 11.1. The minimum atomic E-state index is -0.350. The molecular weight excluding hydrogens is 480 g/mol. The van der Waals surface area contributed by atoms with Gasteiger partial charge in [0.25, 0.3) is 11.8 Å². The fraction of sp³-hybridized carbons (Fsp3) is 0.429. The lowest BCUT2D eigenvalue weighted by Gasteiger charge is -2.28. The predicted octanol–water partition coefficient (Wildman–Crippen LogP) is 3.46. The number of nitrogens with zero attached hydrogens (tertiary/aromatic N) is 6. The molecule has 2 amide bonds. The zero-order valence-electron chi connectivity index (χ0n) is 22.6. The van der Waals surface area contributed by atoms with Crippen LogP contribution in [0.1, 0.15) is 71.3 Å². The Morgan fingerprint density at radius 2 is 1.87 bits per heavy atom. The number of piperidine rings is 1. The van der Waals surface area contributed by atoms with Gasteiger partial charge < -0.3 is 15.5 Å². The van der Waals surface area contributed by atoms with Crippen molar-refractivity contribution in [3.05, 3.63) is 64.7 Å². The summed E-state index contributed by atoms with van der Waals surface area (Å²) < 4.78 is 1.48. The van der Waals surface area contributed by atoms with Crippen LogP contribution >= 0.6 is 0 Å². The van der Waals surface area contributed by atoms with Gasteiger partial charge >= 0.3 is 0 Å². The maximum Gasteiger partial charge on any atom is 0.273 e. The van der Waals surface area contributed by atoms with Crippen LogP contribution < -0.4 is 10.6 Å². The maximum absolute atomic E-state index is 13.1. The van der Waals surface area contributed by atoms with Gasteiger partial charge in [-0.25, -0.2) is 4.68 Å². The van der Waals surface area contributed by atoms with Crippen molar-refractivity contribution in [3.63, 3.8) is 0 Å². The van der Waals surface area contributed by atoms with Crippen molar-refractivity contribution in [1.29, 1.82) is 5.26 Å². The molecule has 1 aromatic carbocycles. The molecule has 10 nitrogen and oxygen atoms in total. The number of nitriles is 1. The van der Waals surface area contributed by atoms with E-state index in [1.54, 1.807) is 36.7 Å². The van der Waals surface area contributed by atoms with Gasteiger partial charge in [-0.3, -0.25) is 14.6 Å². The minimum absolute atomic E-state index is 0.217. The van der Waals surface area contributed by atoms with Crippen molar-refractivity contribution in [2.45, 2.75) is 46.0 Å². The number of anilines is 1. The van der Waals surface area contributed by atoms with E-state index in [2.05, 4.69) is 43.9 Å². The van der Waals surface area contributed by atoms with E-state index in [1.807, 2.05) is 27.7 Å². The van der Waals surface area contributed by atoms with E-state index < -0.39 is 0 Å². The number of carbonyl (C=O) groups excluding carboxylic acids is 2. The summed E-state index contributed by atoms with van der Waals surface area (Å²) in [6, 6.07) is 9.03. The third-order valence-electron chi connectivity index (χ3n) is 6.87. The van der Waals surface area contributed by atoms with Gasteiger partial charge in [0, 0.05) is 12.1 Å². The Kier molecular flexibility index (Phi) is 7.88. The van der Waals surface area contributed by atoms with Gasteiger partial charge in [0.05, 0.1) is 41.1 Å². The zero-order valence-corrected chi connectivity index (χ0v) is 22.6. The number of aromatic nitrogens is 4. The molecule has 1 saturated heterocycles. The number of likely N-dealkylation sites (tertiary alicyclic amines) is 1. The van der Waals surface area contributed by atoms with Crippen molar-refractivity contribution in [3.8, 4) is 11.8 Å². The summed E-state index contributed by atoms with van der Waals surface area (Å²) in [6.45, 7) is 10.6. The number of aryl methyl sites for hydroxylation is 1. The number of carbonyl (C=O) groups is 2. The molecular formula is C28H34N8O2. The van der Waals surface area contributed by atoms with Gasteiger partial charge in [-0.2, -0.15) is 5.26 Å². The van der Waals surface area contributed by atoms with E-state index in [4.69, 9.17) is 0 Å². The van der Waals surface area contributed by atoms with Crippen molar-refractivity contribution in [2.75, 3.05) is 32.0 Å². The monoisotopic (exact) mass is 514 g/mol. The van der Waals surface area contributed by atoms with Crippen LogP contribution in [-0.2, 0) is 5.41 Å². The van der Waals surface area contributed by atoms with Crippen LogP contribution in [0.15, 0.2) is 36.7 Å². The SMILES string of the molecule is Cc1ncc(NC(=O)c2cc(C#N)cc(C(C)(C)C)c2)cc1-n1cc(C(=O)NCC2CCN(C)CC2)nn1. The Labute approximate surface area is 223 Å². The third kappa shape index (κ3) is 6.42. The van der Waals surface area contributed by atoms with Gasteiger partial charge in [-0.1, -0.05) is 26.0 Å².